The number of rotatable bonds is 4. The number of halogens is 1. The molecule has 1 heterocycles. The van der Waals surface area contributed by atoms with Crippen LogP contribution in [0.5, 0.6) is 11.5 Å². The summed E-state index contributed by atoms with van der Waals surface area (Å²) in [4.78, 5) is 28.6. The smallest absolute Gasteiger partial charge is 0.279 e. The normalized spacial score (nSPS) is 16.6. The number of nitrogens with zero attached hydrogens (tertiary/aromatic N) is 1. The fraction of sp³-hybridized carbons (Fsp3) is 0.105. The molecule has 0 bridgehead atoms. The molecule has 138 valence electrons. The van der Waals surface area contributed by atoms with Crippen molar-refractivity contribution >= 4 is 46.4 Å². The van der Waals surface area contributed by atoms with Gasteiger partial charge >= 0.3 is 0 Å². The number of thioether (sulfide) groups is 1. The number of amides is 2. The van der Waals surface area contributed by atoms with Crippen molar-refractivity contribution in [1.29, 1.82) is 0 Å². The summed E-state index contributed by atoms with van der Waals surface area (Å²) in [5, 5.41) is 13.5. The summed E-state index contributed by atoms with van der Waals surface area (Å²) in [5.74, 6) is -0.606. The molecule has 1 saturated heterocycles. The SMILES string of the molecule is CCOc1cccc(/C=C2\SC(=NC(=O)c3ccc(Cl)cc3)NC2=O)c1O. The van der Waals surface area contributed by atoms with Gasteiger partial charge in [0.15, 0.2) is 16.7 Å². The average Bonchev–Trinajstić information content (AvgIpc) is 2.98. The second kappa shape index (κ2) is 8.28. The van der Waals surface area contributed by atoms with E-state index in [1.807, 2.05) is 6.92 Å². The second-order valence-electron chi connectivity index (χ2n) is 5.42. The number of ether oxygens (including phenoxy) is 1. The molecule has 1 aliphatic heterocycles. The highest BCUT2D eigenvalue weighted by atomic mass is 35.5. The number of carbonyl (C=O) groups excluding carboxylic acids is 2. The predicted octanol–water partition coefficient (Wildman–Crippen LogP) is 3.84. The number of hydrogen-bond acceptors (Lipinski definition) is 5. The van der Waals surface area contributed by atoms with Crippen LogP contribution in [-0.4, -0.2) is 28.7 Å². The van der Waals surface area contributed by atoms with Gasteiger partial charge in [-0.1, -0.05) is 23.7 Å². The number of aromatic hydroxyl groups is 1. The molecule has 27 heavy (non-hydrogen) atoms. The maximum Gasteiger partial charge on any atom is 0.279 e. The summed E-state index contributed by atoms with van der Waals surface area (Å²) in [5.41, 5.74) is 0.796. The highest BCUT2D eigenvalue weighted by Gasteiger charge is 2.25. The summed E-state index contributed by atoms with van der Waals surface area (Å²) in [6.07, 6.45) is 1.52. The molecule has 2 aromatic carbocycles. The number of phenols is 1. The van der Waals surface area contributed by atoms with Crippen LogP contribution < -0.4 is 10.1 Å². The van der Waals surface area contributed by atoms with Crippen LogP contribution in [-0.2, 0) is 4.79 Å². The van der Waals surface area contributed by atoms with E-state index in [4.69, 9.17) is 16.3 Å². The third-order valence-electron chi connectivity index (χ3n) is 3.56. The molecule has 2 aromatic rings. The number of carbonyl (C=O) groups is 2. The third-order valence-corrected chi connectivity index (χ3v) is 4.72. The standard InChI is InChI=1S/C19H15ClN2O4S/c1-2-26-14-5-3-4-12(16(14)23)10-15-18(25)22-19(27-15)21-17(24)11-6-8-13(20)9-7-11/h3-10,23H,2H2,1H3,(H,21,22,24,25)/b15-10-. The van der Waals surface area contributed by atoms with E-state index in [2.05, 4.69) is 10.3 Å². The van der Waals surface area contributed by atoms with Gasteiger partial charge in [0.25, 0.3) is 11.8 Å². The van der Waals surface area contributed by atoms with Crippen molar-refractivity contribution in [1.82, 2.24) is 5.32 Å². The van der Waals surface area contributed by atoms with E-state index < -0.39 is 11.8 Å². The Kier molecular flexibility index (Phi) is 5.83. The van der Waals surface area contributed by atoms with Gasteiger partial charge < -0.3 is 15.2 Å². The maximum absolute atomic E-state index is 12.2. The Morgan fingerprint density at radius 2 is 2.04 bits per heavy atom. The van der Waals surface area contributed by atoms with E-state index in [1.165, 1.54) is 6.08 Å². The summed E-state index contributed by atoms with van der Waals surface area (Å²) in [6.45, 7) is 2.22. The maximum atomic E-state index is 12.2. The van der Waals surface area contributed by atoms with Gasteiger partial charge in [0.2, 0.25) is 0 Å². The minimum atomic E-state index is -0.489. The van der Waals surface area contributed by atoms with Crippen molar-refractivity contribution in [3.8, 4) is 11.5 Å². The van der Waals surface area contributed by atoms with Crippen LogP contribution in [0, 0.1) is 0 Å². The summed E-state index contributed by atoms with van der Waals surface area (Å²) < 4.78 is 5.34. The number of hydrogen-bond donors (Lipinski definition) is 2. The van der Waals surface area contributed by atoms with Crippen LogP contribution in [0.3, 0.4) is 0 Å². The predicted molar refractivity (Wildman–Crippen MR) is 106 cm³/mol. The lowest BCUT2D eigenvalue weighted by molar-refractivity contribution is -0.115. The van der Waals surface area contributed by atoms with Crippen LogP contribution in [0.15, 0.2) is 52.4 Å². The molecular weight excluding hydrogens is 388 g/mol. The first-order valence-corrected chi connectivity index (χ1v) is 9.21. The largest absolute Gasteiger partial charge is 0.504 e. The number of aliphatic imine (C=N–C) groups is 1. The van der Waals surface area contributed by atoms with E-state index in [0.29, 0.717) is 33.4 Å². The van der Waals surface area contributed by atoms with Crippen LogP contribution in [0.1, 0.15) is 22.8 Å². The van der Waals surface area contributed by atoms with Crippen molar-refractivity contribution < 1.29 is 19.4 Å². The molecule has 0 spiro atoms. The fourth-order valence-corrected chi connectivity index (χ4v) is 3.23. The first-order chi connectivity index (χ1) is 13.0. The van der Waals surface area contributed by atoms with Gasteiger partial charge in [-0.2, -0.15) is 4.99 Å². The molecule has 3 rings (SSSR count). The Hall–Kier alpha value is -2.77. The van der Waals surface area contributed by atoms with Crippen molar-refractivity contribution in [3.05, 3.63) is 63.5 Å². The lowest BCUT2D eigenvalue weighted by Gasteiger charge is -2.07. The molecule has 0 unspecified atom stereocenters. The summed E-state index contributed by atoms with van der Waals surface area (Å²) >= 11 is 6.82. The monoisotopic (exact) mass is 402 g/mol. The van der Waals surface area contributed by atoms with Gasteiger partial charge in [0.1, 0.15) is 0 Å². The van der Waals surface area contributed by atoms with Crippen molar-refractivity contribution in [2.75, 3.05) is 6.61 Å². The van der Waals surface area contributed by atoms with Gasteiger partial charge in [0.05, 0.1) is 11.5 Å². The number of amidine groups is 1. The number of benzene rings is 2. The van der Waals surface area contributed by atoms with E-state index in [1.54, 1.807) is 42.5 Å². The van der Waals surface area contributed by atoms with Gasteiger partial charge in [-0.15, -0.1) is 0 Å². The number of nitrogens with one attached hydrogen (secondary N) is 1. The van der Waals surface area contributed by atoms with E-state index >= 15 is 0 Å². The van der Waals surface area contributed by atoms with Gasteiger partial charge in [-0.3, -0.25) is 9.59 Å². The van der Waals surface area contributed by atoms with Crippen molar-refractivity contribution in [2.24, 2.45) is 4.99 Å². The highest BCUT2D eigenvalue weighted by molar-refractivity contribution is 8.18. The van der Waals surface area contributed by atoms with Crippen molar-refractivity contribution in [2.45, 2.75) is 6.92 Å². The molecule has 0 radical (unpaired) electrons. The third kappa shape index (κ3) is 4.50. The first kappa shape index (κ1) is 19.0. The van der Waals surface area contributed by atoms with E-state index in [0.717, 1.165) is 11.8 Å². The molecule has 2 N–H and O–H groups in total. The zero-order valence-corrected chi connectivity index (χ0v) is 15.8. The van der Waals surface area contributed by atoms with E-state index in [-0.39, 0.29) is 10.9 Å². The van der Waals surface area contributed by atoms with E-state index in [9.17, 15) is 14.7 Å². The minimum Gasteiger partial charge on any atom is -0.504 e. The van der Waals surface area contributed by atoms with Crippen LogP contribution in [0.2, 0.25) is 5.02 Å². The zero-order chi connectivity index (χ0) is 19.4. The lowest BCUT2D eigenvalue weighted by atomic mass is 10.1. The van der Waals surface area contributed by atoms with Gasteiger partial charge in [-0.05, 0) is 55.1 Å². The molecule has 0 aromatic heterocycles. The highest BCUT2D eigenvalue weighted by Crippen LogP contribution is 2.34. The molecule has 0 saturated carbocycles. The molecule has 0 atom stereocenters. The van der Waals surface area contributed by atoms with Crippen molar-refractivity contribution in [3.63, 3.8) is 0 Å². The molecule has 0 aliphatic carbocycles. The fourth-order valence-electron chi connectivity index (χ4n) is 2.30. The number of para-hydroxylation sites is 1. The Bertz CT molecular complexity index is 955. The zero-order valence-electron chi connectivity index (χ0n) is 14.2. The Labute approximate surface area is 164 Å². The molecule has 6 nitrogen and oxygen atoms in total. The topological polar surface area (TPSA) is 88.0 Å². The quantitative estimate of drug-likeness (QED) is 0.758. The van der Waals surface area contributed by atoms with Crippen LogP contribution in [0.25, 0.3) is 6.08 Å². The number of phenolic OH excluding ortho intramolecular Hbond substituents is 1. The van der Waals surface area contributed by atoms with Crippen LogP contribution >= 0.6 is 23.4 Å². The summed E-state index contributed by atoms with van der Waals surface area (Å²) in [6, 6.07) is 11.3. The molecule has 1 fully saturated rings. The summed E-state index contributed by atoms with van der Waals surface area (Å²) in [7, 11) is 0. The lowest BCUT2D eigenvalue weighted by Crippen LogP contribution is -2.20. The Balaban J connectivity index is 1.81. The first-order valence-electron chi connectivity index (χ1n) is 8.02. The molecule has 8 heteroatoms. The van der Waals surface area contributed by atoms with Gasteiger partial charge in [-0.25, -0.2) is 0 Å². The average molecular weight is 403 g/mol. The van der Waals surface area contributed by atoms with Gasteiger partial charge in [0, 0.05) is 16.1 Å². The Morgan fingerprint density at radius 3 is 2.74 bits per heavy atom. The minimum absolute atomic E-state index is 0.0529. The molecule has 2 amide bonds. The Morgan fingerprint density at radius 1 is 1.30 bits per heavy atom. The second-order valence-corrected chi connectivity index (χ2v) is 6.89. The molecule has 1 aliphatic rings. The molecular formula is C19H15ClN2O4S. The van der Waals surface area contributed by atoms with Crippen LogP contribution in [0.4, 0.5) is 0 Å².